The van der Waals surface area contributed by atoms with Gasteiger partial charge in [0.1, 0.15) is 0 Å². The number of hydrogen-bond donors (Lipinski definition) is 2. The van der Waals surface area contributed by atoms with Crippen LogP contribution in [0, 0.1) is 5.41 Å². The van der Waals surface area contributed by atoms with Crippen molar-refractivity contribution in [3.63, 3.8) is 0 Å². The summed E-state index contributed by atoms with van der Waals surface area (Å²) in [4.78, 5) is 2.40. The number of likely N-dealkylation sites (tertiary alicyclic amines) is 1. The summed E-state index contributed by atoms with van der Waals surface area (Å²) in [5.74, 6) is 0. The number of nitrogens with zero attached hydrogens (tertiary/aromatic N) is 1. The summed E-state index contributed by atoms with van der Waals surface area (Å²) in [6.07, 6.45) is 3.21. The molecule has 3 heteroatoms. The van der Waals surface area contributed by atoms with Crippen molar-refractivity contribution < 1.29 is 5.11 Å². The molecule has 2 N–H and O–H groups in total. The van der Waals surface area contributed by atoms with Crippen LogP contribution >= 0.6 is 0 Å². The van der Waals surface area contributed by atoms with E-state index in [0.717, 1.165) is 38.9 Å². The van der Waals surface area contributed by atoms with Gasteiger partial charge in [-0.15, -0.1) is 0 Å². The molecule has 1 fully saturated rings. The Labute approximate surface area is 107 Å². The van der Waals surface area contributed by atoms with Crippen molar-refractivity contribution >= 4 is 0 Å². The lowest BCUT2D eigenvalue weighted by Crippen LogP contribution is -2.48. The molecule has 2 unspecified atom stereocenters. The predicted octanol–water partition coefficient (Wildman–Crippen LogP) is 1.86. The molecular weight excluding hydrogens is 212 g/mol. The molecular formula is C14H30N2O. The van der Waals surface area contributed by atoms with E-state index in [-0.39, 0.29) is 0 Å². The molecule has 0 aromatic rings. The first-order valence-electron chi connectivity index (χ1n) is 6.86. The first-order valence-corrected chi connectivity index (χ1v) is 6.86. The van der Waals surface area contributed by atoms with Crippen LogP contribution in [0.25, 0.3) is 0 Å². The van der Waals surface area contributed by atoms with Gasteiger partial charge in [0.15, 0.2) is 0 Å². The van der Waals surface area contributed by atoms with Gasteiger partial charge in [-0.1, -0.05) is 20.8 Å². The maximum absolute atomic E-state index is 10.1. The minimum absolute atomic E-state index is 0.299. The summed E-state index contributed by atoms with van der Waals surface area (Å²) in [6.45, 7) is 11.8. The minimum Gasteiger partial charge on any atom is -0.389 e. The summed E-state index contributed by atoms with van der Waals surface area (Å²) in [7, 11) is 2.04. The average Bonchev–Trinajstić information content (AvgIpc) is 2.15. The van der Waals surface area contributed by atoms with E-state index in [9.17, 15) is 5.11 Å². The van der Waals surface area contributed by atoms with Gasteiger partial charge in [-0.25, -0.2) is 0 Å². The summed E-state index contributed by atoms with van der Waals surface area (Å²) >= 11 is 0. The zero-order valence-corrected chi connectivity index (χ0v) is 12.2. The molecule has 0 spiro atoms. The molecule has 1 aliphatic rings. The van der Waals surface area contributed by atoms with E-state index in [1.54, 1.807) is 0 Å². The van der Waals surface area contributed by atoms with Crippen molar-refractivity contribution in [1.82, 2.24) is 10.2 Å². The van der Waals surface area contributed by atoms with Crippen LogP contribution in [-0.4, -0.2) is 48.3 Å². The predicted molar refractivity (Wildman–Crippen MR) is 73.2 cm³/mol. The molecule has 1 saturated heterocycles. The smallest absolute Gasteiger partial charge is 0.0746 e. The molecule has 0 aromatic heterocycles. The van der Waals surface area contributed by atoms with E-state index < -0.39 is 5.60 Å². The maximum atomic E-state index is 10.1. The molecule has 1 aliphatic heterocycles. The third-order valence-electron chi connectivity index (χ3n) is 3.88. The number of aliphatic hydroxyl groups is 1. The average molecular weight is 242 g/mol. The molecule has 1 rings (SSSR count). The van der Waals surface area contributed by atoms with Gasteiger partial charge in [0.25, 0.3) is 0 Å². The Morgan fingerprint density at radius 1 is 1.41 bits per heavy atom. The third kappa shape index (κ3) is 4.94. The maximum Gasteiger partial charge on any atom is 0.0746 e. The standard InChI is InChI=1S/C14H30N2O/c1-13(2,3)12(15-5)7-10-16-9-6-8-14(4,17)11-16/h12,15,17H,6-11H2,1-5H3. The van der Waals surface area contributed by atoms with Crippen LogP contribution in [0.15, 0.2) is 0 Å². The molecule has 0 amide bonds. The van der Waals surface area contributed by atoms with Crippen LogP contribution < -0.4 is 5.32 Å². The van der Waals surface area contributed by atoms with Crippen LogP contribution in [0.2, 0.25) is 0 Å². The van der Waals surface area contributed by atoms with Gasteiger partial charge >= 0.3 is 0 Å². The van der Waals surface area contributed by atoms with Crippen LogP contribution in [0.4, 0.5) is 0 Å². The Morgan fingerprint density at radius 2 is 2.06 bits per heavy atom. The zero-order valence-electron chi connectivity index (χ0n) is 12.2. The van der Waals surface area contributed by atoms with Crippen molar-refractivity contribution in [3.05, 3.63) is 0 Å². The van der Waals surface area contributed by atoms with E-state index in [4.69, 9.17) is 0 Å². The number of nitrogens with one attached hydrogen (secondary N) is 1. The van der Waals surface area contributed by atoms with E-state index >= 15 is 0 Å². The van der Waals surface area contributed by atoms with Gasteiger partial charge in [-0.3, -0.25) is 0 Å². The van der Waals surface area contributed by atoms with Gasteiger partial charge < -0.3 is 15.3 Å². The highest BCUT2D eigenvalue weighted by molar-refractivity contribution is 4.85. The fourth-order valence-corrected chi connectivity index (χ4v) is 2.84. The Balaban J connectivity index is 2.39. The largest absolute Gasteiger partial charge is 0.389 e. The molecule has 102 valence electrons. The summed E-state index contributed by atoms with van der Waals surface area (Å²) in [5, 5.41) is 13.5. The fourth-order valence-electron chi connectivity index (χ4n) is 2.84. The molecule has 0 radical (unpaired) electrons. The van der Waals surface area contributed by atoms with Gasteiger partial charge in [0.05, 0.1) is 5.60 Å². The highest BCUT2D eigenvalue weighted by Crippen LogP contribution is 2.24. The second-order valence-corrected chi connectivity index (χ2v) is 6.87. The normalized spacial score (nSPS) is 29.3. The van der Waals surface area contributed by atoms with Crippen molar-refractivity contribution in [2.24, 2.45) is 5.41 Å². The number of β-amino-alcohol motifs (C(OH)–C–C–N with tert-alkyl or cyclic N) is 1. The lowest BCUT2D eigenvalue weighted by atomic mass is 9.84. The second kappa shape index (κ2) is 5.68. The minimum atomic E-state index is -0.477. The van der Waals surface area contributed by atoms with Gasteiger partial charge in [0.2, 0.25) is 0 Å². The number of rotatable bonds is 4. The van der Waals surface area contributed by atoms with Crippen LogP contribution in [0.3, 0.4) is 0 Å². The highest BCUT2D eigenvalue weighted by atomic mass is 16.3. The molecule has 0 aromatic carbocycles. The Bertz CT molecular complexity index is 233. The Hall–Kier alpha value is -0.120. The Kier molecular flexibility index (Phi) is 4.99. The van der Waals surface area contributed by atoms with Crippen molar-refractivity contribution in [2.75, 3.05) is 26.7 Å². The summed E-state index contributed by atoms with van der Waals surface area (Å²) in [6, 6.07) is 0.536. The zero-order chi connectivity index (χ0) is 13.1. The first kappa shape index (κ1) is 14.9. The SMILES string of the molecule is CNC(CCN1CCCC(C)(O)C1)C(C)(C)C. The van der Waals surface area contributed by atoms with Gasteiger partial charge in [0, 0.05) is 12.6 Å². The molecule has 1 heterocycles. The highest BCUT2D eigenvalue weighted by Gasteiger charge is 2.29. The van der Waals surface area contributed by atoms with Crippen molar-refractivity contribution in [2.45, 2.75) is 58.6 Å². The fraction of sp³-hybridized carbons (Fsp3) is 1.00. The first-order chi connectivity index (χ1) is 7.74. The molecule has 0 bridgehead atoms. The topological polar surface area (TPSA) is 35.5 Å². The molecule has 0 aliphatic carbocycles. The molecule has 0 saturated carbocycles. The van der Waals surface area contributed by atoms with E-state index in [2.05, 4.69) is 31.0 Å². The van der Waals surface area contributed by atoms with E-state index in [1.807, 2.05) is 14.0 Å². The van der Waals surface area contributed by atoms with Crippen molar-refractivity contribution in [3.8, 4) is 0 Å². The lowest BCUT2D eigenvalue weighted by Gasteiger charge is -2.38. The van der Waals surface area contributed by atoms with Crippen LogP contribution in [0.5, 0.6) is 0 Å². The summed E-state index contributed by atoms with van der Waals surface area (Å²) < 4.78 is 0. The Morgan fingerprint density at radius 3 is 2.53 bits per heavy atom. The van der Waals surface area contributed by atoms with Gasteiger partial charge in [-0.2, -0.15) is 0 Å². The second-order valence-electron chi connectivity index (χ2n) is 6.87. The van der Waals surface area contributed by atoms with E-state index in [0.29, 0.717) is 11.5 Å². The van der Waals surface area contributed by atoms with E-state index in [1.165, 1.54) is 0 Å². The van der Waals surface area contributed by atoms with Crippen LogP contribution in [-0.2, 0) is 0 Å². The molecule has 3 nitrogen and oxygen atoms in total. The quantitative estimate of drug-likeness (QED) is 0.790. The molecule has 2 atom stereocenters. The monoisotopic (exact) mass is 242 g/mol. The third-order valence-corrected chi connectivity index (χ3v) is 3.88. The number of hydrogen-bond acceptors (Lipinski definition) is 3. The lowest BCUT2D eigenvalue weighted by molar-refractivity contribution is -0.0172. The number of piperidine rings is 1. The molecule has 17 heavy (non-hydrogen) atoms. The van der Waals surface area contributed by atoms with Gasteiger partial charge in [-0.05, 0) is 51.7 Å². The summed E-state index contributed by atoms with van der Waals surface area (Å²) in [5.41, 5.74) is -0.178. The van der Waals surface area contributed by atoms with Crippen molar-refractivity contribution in [1.29, 1.82) is 0 Å². The van der Waals surface area contributed by atoms with Crippen LogP contribution in [0.1, 0.15) is 47.0 Å².